The summed E-state index contributed by atoms with van der Waals surface area (Å²) in [6, 6.07) is 1.11. The molecule has 2 aliphatic heterocycles. The Morgan fingerprint density at radius 2 is 1.72 bits per heavy atom. The summed E-state index contributed by atoms with van der Waals surface area (Å²) < 4.78 is 45.5. The standard InChI is InChI=1S/C20H23F3N4O4S/c1-25-6-2-13(3-7-25)31-14-4-8-26(9-5-14)19-24-18(28)15-10-12(20(21,22)23)11-16(27(29)30)17(15)32-19/h10-11,13-14H,2-9H2,1H3. The Labute approximate surface area is 185 Å². The number of nitro groups is 1. The number of alkyl halides is 3. The van der Waals surface area contributed by atoms with E-state index in [1.165, 1.54) is 0 Å². The lowest BCUT2D eigenvalue weighted by molar-refractivity contribution is -0.383. The summed E-state index contributed by atoms with van der Waals surface area (Å²) in [6.45, 7) is 3.13. The molecule has 8 nitrogen and oxygen atoms in total. The zero-order valence-electron chi connectivity index (χ0n) is 17.4. The number of non-ortho nitro benzene ring substituents is 1. The van der Waals surface area contributed by atoms with Gasteiger partial charge in [-0.15, -0.1) is 0 Å². The second-order valence-electron chi connectivity index (χ2n) is 8.25. The van der Waals surface area contributed by atoms with Gasteiger partial charge in [-0.05, 0) is 38.8 Å². The van der Waals surface area contributed by atoms with Crippen LogP contribution in [0.15, 0.2) is 16.9 Å². The Hall–Kier alpha value is -2.31. The topological polar surface area (TPSA) is 88.8 Å². The number of aromatic nitrogens is 1. The SMILES string of the molecule is CN1CCC(OC2CCN(c3nc(=O)c4cc(C(F)(F)F)cc([N+](=O)[O-])c4s3)CC2)CC1. The molecule has 1 aromatic heterocycles. The van der Waals surface area contributed by atoms with Gasteiger partial charge in [-0.3, -0.25) is 14.9 Å². The van der Waals surface area contributed by atoms with Crippen molar-refractivity contribution in [3.05, 3.63) is 38.2 Å². The number of fused-ring (bicyclic) bond motifs is 1. The van der Waals surface area contributed by atoms with Gasteiger partial charge < -0.3 is 14.5 Å². The zero-order valence-corrected chi connectivity index (χ0v) is 18.2. The Bertz CT molecular complexity index is 1060. The highest BCUT2D eigenvalue weighted by Gasteiger charge is 2.34. The van der Waals surface area contributed by atoms with E-state index in [1.807, 2.05) is 4.90 Å². The predicted octanol–water partition coefficient (Wildman–Crippen LogP) is 3.66. The van der Waals surface area contributed by atoms with Crippen LogP contribution in [0.2, 0.25) is 0 Å². The van der Waals surface area contributed by atoms with Crippen molar-refractivity contribution in [3.8, 4) is 0 Å². The van der Waals surface area contributed by atoms with Crippen molar-refractivity contribution in [2.75, 3.05) is 38.1 Å². The molecule has 3 heterocycles. The van der Waals surface area contributed by atoms with Crippen LogP contribution in [0.4, 0.5) is 24.0 Å². The average Bonchev–Trinajstić information content (AvgIpc) is 2.74. The van der Waals surface area contributed by atoms with Gasteiger partial charge in [0.15, 0.2) is 5.13 Å². The molecular weight excluding hydrogens is 449 g/mol. The van der Waals surface area contributed by atoms with Crippen molar-refractivity contribution < 1.29 is 22.8 Å². The van der Waals surface area contributed by atoms with Crippen LogP contribution in [0.1, 0.15) is 31.2 Å². The number of nitro benzene ring substituents is 1. The molecule has 0 unspecified atom stereocenters. The minimum absolute atomic E-state index is 0.0947. The van der Waals surface area contributed by atoms with Crippen molar-refractivity contribution in [2.45, 2.75) is 44.1 Å². The third kappa shape index (κ3) is 4.86. The number of nitrogens with zero attached hydrogens (tertiary/aromatic N) is 4. The minimum Gasteiger partial charge on any atom is -0.375 e. The van der Waals surface area contributed by atoms with Crippen LogP contribution in [0.3, 0.4) is 0 Å². The molecule has 0 amide bonds. The lowest BCUT2D eigenvalue weighted by Crippen LogP contribution is -2.41. The van der Waals surface area contributed by atoms with Gasteiger partial charge in [-0.25, -0.2) is 0 Å². The summed E-state index contributed by atoms with van der Waals surface area (Å²) in [5.41, 5.74) is -2.86. The third-order valence-electron chi connectivity index (χ3n) is 5.98. The molecular formula is C20H23F3N4O4S. The summed E-state index contributed by atoms with van der Waals surface area (Å²) in [7, 11) is 2.09. The Balaban J connectivity index is 1.53. The van der Waals surface area contributed by atoms with Gasteiger partial charge in [0.1, 0.15) is 4.70 Å². The molecule has 12 heteroatoms. The smallest absolute Gasteiger partial charge is 0.375 e. The van der Waals surface area contributed by atoms with Gasteiger partial charge in [-0.2, -0.15) is 18.2 Å². The first-order chi connectivity index (χ1) is 15.1. The van der Waals surface area contributed by atoms with E-state index in [1.54, 1.807) is 0 Å². The maximum Gasteiger partial charge on any atom is 0.416 e. The second-order valence-corrected chi connectivity index (χ2v) is 9.23. The molecule has 1 aromatic carbocycles. The molecule has 0 atom stereocenters. The molecule has 2 saturated heterocycles. The normalized spacial score (nSPS) is 19.6. The van der Waals surface area contributed by atoms with E-state index in [0.29, 0.717) is 25.2 Å². The summed E-state index contributed by atoms with van der Waals surface area (Å²) in [5, 5.41) is 11.3. The predicted molar refractivity (Wildman–Crippen MR) is 114 cm³/mol. The van der Waals surface area contributed by atoms with E-state index in [4.69, 9.17) is 4.74 Å². The molecule has 4 rings (SSSR count). The molecule has 0 saturated carbocycles. The molecule has 0 radical (unpaired) electrons. The third-order valence-corrected chi connectivity index (χ3v) is 7.14. The van der Waals surface area contributed by atoms with Crippen LogP contribution in [-0.2, 0) is 10.9 Å². The van der Waals surface area contributed by atoms with Gasteiger partial charge in [0.2, 0.25) is 0 Å². The Morgan fingerprint density at radius 1 is 1.12 bits per heavy atom. The van der Waals surface area contributed by atoms with Crippen molar-refractivity contribution >= 4 is 32.2 Å². The molecule has 2 aliphatic rings. The fourth-order valence-corrected chi connectivity index (χ4v) is 5.27. The highest BCUT2D eigenvalue weighted by atomic mass is 32.1. The quantitative estimate of drug-likeness (QED) is 0.496. The van der Waals surface area contributed by atoms with Gasteiger partial charge in [0, 0.05) is 32.2 Å². The molecule has 2 fully saturated rings. The lowest BCUT2D eigenvalue weighted by Gasteiger charge is -2.36. The van der Waals surface area contributed by atoms with E-state index in [2.05, 4.69) is 16.9 Å². The highest BCUT2D eigenvalue weighted by Crippen LogP contribution is 2.38. The number of ether oxygens (including phenoxy) is 1. The number of halogens is 3. The first-order valence-corrected chi connectivity index (χ1v) is 11.2. The summed E-state index contributed by atoms with van der Waals surface area (Å²) >= 11 is 0.878. The van der Waals surface area contributed by atoms with E-state index in [-0.39, 0.29) is 27.4 Å². The fourth-order valence-electron chi connectivity index (χ4n) is 4.15. The monoisotopic (exact) mass is 472 g/mol. The van der Waals surface area contributed by atoms with Crippen LogP contribution in [0.25, 0.3) is 10.1 Å². The summed E-state index contributed by atoms with van der Waals surface area (Å²) in [6.07, 6.45) is -1.03. The number of benzene rings is 1. The highest BCUT2D eigenvalue weighted by molar-refractivity contribution is 7.22. The van der Waals surface area contributed by atoms with Gasteiger partial charge in [0.25, 0.3) is 11.2 Å². The van der Waals surface area contributed by atoms with E-state index >= 15 is 0 Å². The van der Waals surface area contributed by atoms with Gasteiger partial charge in [0.05, 0.1) is 28.1 Å². The van der Waals surface area contributed by atoms with Crippen molar-refractivity contribution in [1.29, 1.82) is 0 Å². The van der Waals surface area contributed by atoms with E-state index in [0.717, 1.165) is 50.1 Å². The molecule has 0 N–H and O–H groups in total. The van der Waals surface area contributed by atoms with Gasteiger partial charge in [-0.1, -0.05) is 11.3 Å². The van der Waals surface area contributed by atoms with Crippen LogP contribution in [0.5, 0.6) is 0 Å². The lowest BCUT2D eigenvalue weighted by atomic mass is 10.1. The molecule has 0 bridgehead atoms. The minimum atomic E-state index is -4.80. The van der Waals surface area contributed by atoms with E-state index in [9.17, 15) is 28.1 Å². The largest absolute Gasteiger partial charge is 0.416 e. The van der Waals surface area contributed by atoms with Crippen LogP contribution >= 0.6 is 11.3 Å². The van der Waals surface area contributed by atoms with Crippen molar-refractivity contribution in [3.63, 3.8) is 0 Å². The first kappa shape index (κ1) is 22.9. The maximum atomic E-state index is 13.1. The summed E-state index contributed by atoms with van der Waals surface area (Å²) in [5.74, 6) is 0. The van der Waals surface area contributed by atoms with Crippen LogP contribution in [0, 0.1) is 10.1 Å². The molecule has 2 aromatic rings. The Kier molecular flexibility index (Phi) is 6.37. The van der Waals surface area contributed by atoms with Crippen LogP contribution in [-0.4, -0.2) is 60.2 Å². The van der Waals surface area contributed by atoms with Crippen LogP contribution < -0.4 is 10.5 Å². The second kappa shape index (κ2) is 8.91. The number of hydrogen-bond donors (Lipinski definition) is 0. The average molecular weight is 472 g/mol. The molecule has 174 valence electrons. The molecule has 0 aliphatic carbocycles. The fraction of sp³-hybridized carbons (Fsp3) is 0.600. The van der Waals surface area contributed by atoms with Gasteiger partial charge >= 0.3 is 6.18 Å². The summed E-state index contributed by atoms with van der Waals surface area (Å²) in [4.78, 5) is 31.1. The van der Waals surface area contributed by atoms with Crippen molar-refractivity contribution in [1.82, 2.24) is 9.88 Å². The first-order valence-electron chi connectivity index (χ1n) is 10.4. The van der Waals surface area contributed by atoms with E-state index < -0.39 is 27.9 Å². The number of rotatable bonds is 4. The Morgan fingerprint density at radius 3 is 2.28 bits per heavy atom. The van der Waals surface area contributed by atoms with Crippen molar-refractivity contribution in [2.24, 2.45) is 0 Å². The maximum absolute atomic E-state index is 13.1. The zero-order chi connectivity index (χ0) is 23.0. The molecule has 0 spiro atoms. The number of likely N-dealkylation sites (tertiary alicyclic amines) is 1. The number of piperidine rings is 2. The molecule has 32 heavy (non-hydrogen) atoms. The number of anilines is 1. The number of hydrogen-bond acceptors (Lipinski definition) is 8.